The molecule has 0 radical (unpaired) electrons. The van der Waals surface area contributed by atoms with E-state index < -0.39 is 5.54 Å². The Kier molecular flexibility index (Phi) is 5.60. The Morgan fingerprint density at radius 1 is 1.56 bits per heavy atom. The molecule has 1 aliphatic carbocycles. The van der Waals surface area contributed by atoms with Crippen LogP contribution in [0.5, 0.6) is 0 Å². The second-order valence-electron chi connectivity index (χ2n) is 5.78. The van der Waals surface area contributed by atoms with Crippen LogP contribution < -0.4 is 11.1 Å². The number of carbonyl (C=O) groups is 1. The normalized spacial score (nSPS) is 28.9. The fraction of sp³-hybridized carbons (Fsp3) is 0.929. The van der Waals surface area contributed by atoms with Crippen LogP contribution >= 0.6 is 0 Å². The Balaban J connectivity index is 2.81. The second-order valence-corrected chi connectivity index (χ2v) is 5.78. The number of primary amides is 1. The van der Waals surface area contributed by atoms with Gasteiger partial charge in [0.15, 0.2) is 0 Å². The van der Waals surface area contributed by atoms with Crippen LogP contribution in [0.4, 0.5) is 0 Å². The molecule has 0 aromatic rings. The highest BCUT2D eigenvalue weighted by atomic mass is 16.1. The van der Waals surface area contributed by atoms with Gasteiger partial charge in [-0.25, -0.2) is 0 Å². The Hall–Kier alpha value is -0.610. The SMILES string of the molecule is CCCN(C(C)C)C1CCCC(NC)(C(N)=O)C1. The molecule has 18 heavy (non-hydrogen) atoms. The number of nitrogens with zero attached hydrogens (tertiary/aromatic N) is 1. The zero-order valence-corrected chi connectivity index (χ0v) is 12.3. The highest BCUT2D eigenvalue weighted by Crippen LogP contribution is 2.32. The minimum atomic E-state index is -0.496. The average molecular weight is 255 g/mol. The Bertz CT molecular complexity index is 280. The van der Waals surface area contributed by atoms with Gasteiger partial charge in [-0.15, -0.1) is 0 Å². The van der Waals surface area contributed by atoms with Gasteiger partial charge in [-0.05, 0) is 59.5 Å². The zero-order valence-electron chi connectivity index (χ0n) is 12.3. The molecule has 4 nitrogen and oxygen atoms in total. The number of nitrogens with two attached hydrogens (primary N) is 1. The molecule has 3 N–H and O–H groups in total. The van der Waals surface area contributed by atoms with Gasteiger partial charge in [-0.1, -0.05) is 6.92 Å². The minimum absolute atomic E-state index is 0.199. The molecule has 1 saturated carbocycles. The van der Waals surface area contributed by atoms with Crippen LogP contribution in [-0.2, 0) is 4.79 Å². The van der Waals surface area contributed by atoms with Crippen LogP contribution in [-0.4, -0.2) is 42.0 Å². The lowest BCUT2D eigenvalue weighted by Gasteiger charge is -2.44. The van der Waals surface area contributed by atoms with Gasteiger partial charge in [-0.2, -0.15) is 0 Å². The third kappa shape index (κ3) is 3.23. The maximum atomic E-state index is 11.7. The Labute approximate surface area is 111 Å². The molecular formula is C14H29N3O. The molecule has 1 rings (SSSR count). The summed E-state index contributed by atoms with van der Waals surface area (Å²) < 4.78 is 0. The van der Waals surface area contributed by atoms with E-state index in [1.54, 1.807) is 0 Å². The lowest BCUT2D eigenvalue weighted by Crippen LogP contribution is -2.60. The smallest absolute Gasteiger partial charge is 0.237 e. The molecule has 2 unspecified atom stereocenters. The molecule has 4 heteroatoms. The first-order valence-electron chi connectivity index (χ1n) is 7.21. The van der Waals surface area contributed by atoms with Gasteiger partial charge in [0.25, 0.3) is 0 Å². The van der Waals surface area contributed by atoms with Gasteiger partial charge in [-0.3, -0.25) is 9.69 Å². The van der Waals surface area contributed by atoms with E-state index >= 15 is 0 Å². The third-order valence-electron chi connectivity index (χ3n) is 4.29. The summed E-state index contributed by atoms with van der Waals surface area (Å²) in [7, 11) is 1.85. The first-order valence-corrected chi connectivity index (χ1v) is 7.21. The first kappa shape index (κ1) is 15.4. The van der Waals surface area contributed by atoms with Crippen LogP contribution in [0, 0.1) is 0 Å². The Morgan fingerprint density at radius 2 is 2.22 bits per heavy atom. The predicted molar refractivity (Wildman–Crippen MR) is 75.4 cm³/mol. The number of hydrogen-bond acceptors (Lipinski definition) is 3. The van der Waals surface area contributed by atoms with Crippen LogP contribution in [0.3, 0.4) is 0 Å². The minimum Gasteiger partial charge on any atom is -0.368 e. The molecule has 1 amide bonds. The fourth-order valence-electron chi connectivity index (χ4n) is 3.22. The van der Waals surface area contributed by atoms with E-state index in [-0.39, 0.29) is 5.91 Å². The maximum absolute atomic E-state index is 11.7. The predicted octanol–water partition coefficient (Wildman–Crippen LogP) is 1.49. The standard InChI is InChI=1S/C14H29N3O/c1-5-9-17(11(2)3)12-7-6-8-14(10-12,16-4)13(15)18/h11-12,16H,5-10H2,1-4H3,(H2,15,18). The summed E-state index contributed by atoms with van der Waals surface area (Å²) in [6.45, 7) is 7.77. The van der Waals surface area contributed by atoms with Crippen molar-refractivity contribution >= 4 is 5.91 Å². The van der Waals surface area contributed by atoms with E-state index in [1.165, 1.54) is 6.42 Å². The lowest BCUT2D eigenvalue weighted by molar-refractivity contribution is -0.126. The zero-order chi connectivity index (χ0) is 13.8. The number of amides is 1. The van der Waals surface area contributed by atoms with Crippen molar-refractivity contribution in [1.29, 1.82) is 0 Å². The summed E-state index contributed by atoms with van der Waals surface area (Å²) in [5, 5.41) is 3.18. The topological polar surface area (TPSA) is 58.4 Å². The van der Waals surface area contributed by atoms with Crippen molar-refractivity contribution in [1.82, 2.24) is 10.2 Å². The number of nitrogens with one attached hydrogen (secondary N) is 1. The number of carbonyl (C=O) groups excluding carboxylic acids is 1. The summed E-state index contributed by atoms with van der Waals surface area (Å²) in [4.78, 5) is 14.3. The van der Waals surface area contributed by atoms with Crippen molar-refractivity contribution in [2.24, 2.45) is 5.73 Å². The number of hydrogen-bond donors (Lipinski definition) is 2. The summed E-state index contributed by atoms with van der Waals surface area (Å²) in [6, 6.07) is 0.995. The van der Waals surface area contributed by atoms with Gasteiger partial charge in [0, 0.05) is 12.1 Å². The van der Waals surface area contributed by atoms with Crippen molar-refractivity contribution in [2.45, 2.75) is 70.5 Å². The molecule has 1 fully saturated rings. The average Bonchev–Trinajstić information content (AvgIpc) is 2.35. The van der Waals surface area contributed by atoms with Crippen molar-refractivity contribution in [3.05, 3.63) is 0 Å². The largest absolute Gasteiger partial charge is 0.368 e. The molecule has 0 saturated heterocycles. The lowest BCUT2D eigenvalue weighted by atomic mass is 9.77. The van der Waals surface area contributed by atoms with E-state index in [4.69, 9.17) is 5.73 Å². The van der Waals surface area contributed by atoms with E-state index in [0.29, 0.717) is 12.1 Å². The number of likely N-dealkylation sites (N-methyl/N-ethyl adjacent to an activating group) is 1. The maximum Gasteiger partial charge on any atom is 0.237 e. The molecule has 106 valence electrons. The van der Waals surface area contributed by atoms with Crippen molar-refractivity contribution in [2.75, 3.05) is 13.6 Å². The summed E-state index contributed by atoms with van der Waals surface area (Å²) in [5.41, 5.74) is 5.11. The molecule has 0 spiro atoms. The molecule has 0 aliphatic heterocycles. The van der Waals surface area contributed by atoms with Crippen LogP contribution in [0.15, 0.2) is 0 Å². The van der Waals surface area contributed by atoms with E-state index in [1.807, 2.05) is 7.05 Å². The highest BCUT2D eigenvalue weighted by molar-refractivity contribution is 5.84. The van der Waals surface area contributed by atoms with Gasteiger partial charge in [0.05, 0.1) is 5.54 Å². The molecule has 0 aromatic heterocycles. The molecule has 0 aromatic carbocycles. The van der Waals surface area contributed by atoms with Gasteiger partial charge >= 0.3 is 0 Å². The van der Waals surface area contributed by atoms with Crippen LogP contribution in [0.1, 0.15) is 52.9 Å². The van der Waals surface area contributed by atoms with E-state index in [0.717, 1.165) is 32.2 Å². The fourth-order valence-corrected chi connectivity index (χ4v) is 3.22. The van der Waals surface area contributed by atoms with E-state index in [9.17, 15) is 4.79 Å². The first-order chi connectivity index (χ1) is 8.46. The van der Waals surface area contributed by atoms with Gasteiger partial charge in [0.1, 0.15) is 0 Å². The molecular weight excluding hydrogens is 226 g/mol. The summed E-state index contributed by atoms with van der Waals surface area (Å²) in [5.74, 6) is -0.199. The highest BCUT2D eigenvalue weighted by Gasteiger charge is 2.41. The third-order valence-corrected chi connectivity index (χ3v) is 4.29. The monoisotopic (exact) mass is 255 g/mol. The van der Waals surface area contributed by atoms with Gasteiger partial charge in [0.2, 0.25) is 5.91 Å². The molecule has 2 atom stereocenters. The summed E-state index contributed by atoms with van der Waals surface area (Å²) in [6.07, 6.45) is 5.11. The summed E-state index contributed by atoms with van der Waals surface area (Å²) >= 11 is 0. The van der Waals surface area contributed by atoms with Crippen LogP contribution in [0.2, 0.25) is 0 Å². The van der Waals surface area contributed by atoms with Gasteiger partial charge < -0.3 is 11.1 Å². The van der Waals surface area contributed by atoms with Crippen LogP contribution in [0.25, 0.3) is 0 Å². The second kappa shape index (κ2) is 6.53. The number of rotatable bonds is 6. The van der Waals surface area contributed by atoms with Crippen molar-refractivity contribution in [3.63, 3.8) is 0 Å². The quantitative estimate of drug-likeness (QED) is 0.756. The van der Waals surface area contributed by atoms with E-state index in [2.05, 4.69) is 31.0 Å². The molecule has 0 bridgehead atoms. The molecule has 0 heterocycles. The molecule has 1 aliphatic rings. The Morgan fingerprint density at radius 3 is 2.67 bits per heavy atom. The van der Waals surface area contributed by atoms with Crippen molar-refractivity contribution in [3.8, 4) is 0 Å². The van der Waals surface area contributed by atoms with Crippen molar-refractivity contribution < 1.29 is 4.79 Å².